The summed E-state index contributed by atoms with van der Waals surface area (Å²) >= 11 is 0. The maximum atomic E-state index is 13.8. The summed E-state index contributed by atoms with van der Waals surface area (Å²) in [5.74, 6) is 0.193. The number of rotatable bonds is 3. The first-order valence-corrected chi connectivity index (χ1v) is 13.2. The van der Waals surface area contributed by atoms with Crippen molar-refractivity contribution in [2.45, 2.75) is 25.8 Å². The van der Waals surface area contributed by atoms with E-state index in [1.165, 1.54) is 0 Å². The molecule has 2 amide bonds. The fourth-order valence-electron chi connectivity index (χ4n) is 6.10. The van der Waals surface area contributed by atoms with Gasteiger partial charge in [0.1, 0.15) is 5.69 Å². The van der Waals surface area contributed by atoms with Crippen molar-refractivity contribution >= 4 is 33.4 Å². The fraction of sp³-hybridized carbons (Fsp3) is 0.367. The average Bonchev–Trinajstić information content (AvgIpc) is 3.28. The van der Waals surface area contributed by atoms with E-state index < -0.39 is 0 Å². The number of piperazine rings is 1. The number of hydrogen-bond acceptors (Lipinski definition) is 4. The van der Waals surface area contributed by atoms with Crippen LogP contribution < -0.4 is 0 Å². The molecule has 0 aliphatic carbocycles. The number of nitrogens with zero attached hydrogens (tertiary/aromatic N) is 5. The number of hydrogen-bond donors (Lipinski definition) is 0. The number of carbonyl (C=O) groups excluding carboxylic acids is 2. The monoisotopic (exact) mass is 495 g/mol. The van der Waals surface area contributed by atoms with Crippen LogP contribution in [0.15, 0.2) is 60.7 Å². The predicted molar refractivity (Wildman–Crippen MR) is 146 cm³/mol. The second kappa shape index (κ2) is 9.63. The molecule has 190 valence electrons. The number of likely N-dealkylation sites (tertiary alicyclic amines) is 1. The molecule has 2 aliphatic heterocycles. The first kappa shape index (κ1) is 23.7. The van der Waals surface area contributed by atoms with Crippen LogP contribution in [0.5, 0.6) is 0 Å². The number of aromatic nitrogens is 2. The van der Waals surface area contributed by atoms with Crippen LogP contribution in [0.2, 0.25) is 0 Å². The van der Waals surface area contributed by atoms with Crippen molar-refractivity contribution < 1.29 is 9.59 Å². The van der Waals surface area contributed by atoms with Gasteiger partial charge in [-0.25, -0.2) is 0 Å². The van der Waals surface area contributed by atoms with Crippen LogP contribution >= 0.6 is 0 Å². The van der Waals surface area contributed by atoms with Crippen LogP contribution in [0.4, 0.5) is 0 Å². The Kier molecular flexibility index (Phi) is 6.16. The van der Waals surface area contributed by atoms with Crippen LogP contribution in [0, 0.1) is 6.92 Å². The normalized spacial score (nSPS) is 17.6. The van der Waals surface area contributed by atoms with Crippen molar-refractivity contribution in [2.24, 2.45) is 7.05 Å². The highest BCUT2D eigenvalue weighted by Crippen LogP contribution is 2.30. The summed E-state index contributed by atoms with van der Waals surface area (Å²) in [5.41, 5.74) is 2.34. The smallest absolute Gasteiger partial charge is 0.272 e. The van der Waals surface area contributed by atoms with Gasteiger partial charge in [-0.2, -0.15) is 5.10 Å². The Hall–Kier alpha value is -3.71. The number of benzene rings is 3. The van der Waals surface area contributed by atoms with Gasteiger partial charge in [-0.15, -0.1) is 0 Å². The number of aryl methyl sites for hydroxylation is 2. The number of fused-ring (bicyclic) bond motifs is 2. The molecule has 0 atom stereocenters. The zero-order chi connectivity index (χ0) is 25.5. The minimum atomic E-state index is 0.0688. The van der Waals surface area contributed by atoms with E-state index >= 15 is 0 Å². The Balaban J connectivity index is 1.12. The maximum Gasteiger partial charge on any atom is 0.272 e. The molecular weight excluding hydrogens is 462 g/mol. The van der Waals surface area contributed by atoms with Gasteiger partial charge < -0.3 is 9.80 Å². The van der Waals surface area contributed by atoms with Crippen molar-refractivity contribution in [3.05, 3.63) is 77.6 Å². The van der Waals surface area contributed by atoms with Crippen LogP contribution in [0.1, 0.15) is 39.4 Å². The Bertz CT molecular complexity index is 1420. The van der Waals surface area contributed by atoms with E-state index in [2.05, 4.69) is 40.3 Å². The van der Waals surface area contributed by atoms with Gasteiger partial charge in [-0.1, -0.05) is 48.5 Å². The lowest BCUT2D eigenvalue weighted by Crippen LogP contribution is -2.54. The molecule has 7 heteroatoms. The van der Waals surface area contributed by atoms with E-state index in [0.29, 0.717) is 11.7 Å². The summed E-state index contributed by atoms with van der Waals surface area (Å²) in [6.07, 6.45) is 1.93. The van der Waals surface area contributed by atoms with Gasteiger partial charge in [-0.05, 0) is 53.4 Å². The van der Waals surface area contributed by atoms with E-state index in [9.17, 15) is 9.59 Å². The zero-order valence-electron chi connectivity index (χ0n) is 21.6. The van der Waals surface area contributed by atoms with Gasteiger partial charge in [-0.3, -0.25) is 19.2 Å². The highest BCUT2D eigenvalue weighted by atomic mass is 16.2. The van der Waals surface area contributed by atoms with Gasteiger partial charge in [0.25, 0.3) is 11.8 Å². The van der Waals surface area contributed by atoms with Crippen LogP contribution in [0.3, 0.4) is 0 Å². The maximum absolute atomic E-state index is 13.8. The quantitative estimate of drug-likeness (QED) is 0.402. The molecule has 0 spiro atoms. The molecule has 2 saturated heterocycles. The molecule has 3 heterocycles. The first-order chi connectivity index (χ1) is 18.0. The van der Waals surface area contributed by atoms with Crippen LogP contribution in [-0.4, -0.2) is 81.6 Å². The van der Waals surface area contributed by atoms with Crippen molar-refractivity contribution in [3.63, 3.8) is 0 Å². The highest BCUT2D eigenvalue weighted by molar-refractivity contribution is 6.18. The molecule has 0 bridgehead atoms. The van der Waals surface area contributed by atoms with E-state index in [0.717, 1.165) is 84.9 Å². The van der Waals surface area contributed by atoms with E-state index in [1.807, 2.05) is 54.1 Å². The molecule has 0 radical (unpaired) electrons. The fourth-order valence-corrected chi connectivity index (χ4v) is 6.10. The largest absolute Gasteiger partial charge is 0.337 e. The summed E-state index contributed by atoms with van der Waals surface area (Å²) in [6, 6.07) is 20.9. The summed E-state index contributed by atoms with van der Waals surface area (Å²) < 4.78 is 1.68. The molecule has 4 aromatic rings. The molecule has 0 saturated carbocycles. The molecule has 0 unspecified atom stereocenters. The first-order valence-electron chi connectivity index (χ1n) is 13.2. The molecule has 1 aromatic heterocycles. The Morgan fingerprint density at radius 3 is 1.89 bits per heavy atom. The Labute approximate surface area is 217 Å². The minimum absolute atomic E-state index is 0.0688. The molecule has 37 heavy (non-hydrogen) atoms. The van der Waals surface area contributed by atoms with E-state index in [4.69, 9.17) is 0 Å². The van der Waals surface area contributed by atoms with Gasteiger partial charge in [0, 0.05) is 52.4 Å². The SMILES string of the molecule is Cc1cc(C(=O)N2CCC(N3CCN(C(=O)c4c5ccccc5cc5ccccc45)CC3)CC2)n(C)n1. The molecule has 2 aliphatic rings. The van der Waals surface area contributed by atoms with Crippen LogP contribution in [0.25, 0.3) is 21.5 Å². The number of piperidine rings is 1. The Morgan fingerprint density at radius 1 is 0.757 bits per heavy atom. The second-order valence-electron chi connectivity index (χ2n) is 10.3. The average molecular weight is 496 g/mol. The van der Waals surface area contributed by atoms with Crippen molar-refractivity contribution in [3.8, 4) is 0 Å². The van der Waals surface area contributed by atoms with Crippen molar-refractivity contribution in [1.29, 1.82) is 0 Å². The molecule has 6 rings (SSSR count). The summed E-state index contributed by atoms with van der Waals surface area (Å²) in [7, 11) is 1.83. The third-order valence-electron chi connectivity index (χ3n) is 8.08. The van der Waals surface area contributed by atoms with E-state index in [1.54, 1.807) is 4.68 Å². The predicted octanol–water partition coefficient (Wildman–Crippen LogP) is 4.10. The molecule has 7 nitrogen and oxygen atoms in total. The topological polar surface area (TPSA) is 61.7 Å². The zero-order valence-corrected chi connectivity index (χ0v) is 21.6. The van der Waals surface area contributed by atoms with Gasteiger partial charge in [0.05, 0.1) is 11.3 Å². The number of carbonyl (C=O) groups is 2. The van der Waals surface area contributed by atoms with Crippen LogP contribution in [-0.2, 0) is 7.05 Å². The molecule has 2 fully saturated rings. The lowest BCUT2D eigenvalue weighted by molar-refractivity contribution is 0.0410. The summed E-state index contributed by atoms with van der Waals surface area (Å²) in [5, 5.41) is 8.57. The van der Waals surface area contributed by atoms with Crippen molar-refractivity contribution in [2.75, 3.05) is 39.3 Å². The highest BCUT2D eigenvalue weighted by Gasteiger charge is 2.32. The molecule has 3 aromatic carbocycles. The number of amides is 2. The van der Waals surface area contributed by atoms with Gasteiger partial charge in [0.2, 0.25) is 0 Å². The summed E-state index contributed by atoms with van der Waals surface area (Å²) in [4.78, 5) is 33.3. The minimum Gasteiger partial charge on any atom is -0.337 e. The molecular formula is C30H33N5O2. The third kappa shape index (κ3) is 4.37. The van der Waals surface area contributed by atoms with Gasteiger partial charge >= 0.3 is 0 Å². The second-order valence-corrected chi connectivity index (χ2v) is 10.3. The molecule has 0 N–H and O–H groups in total. The van der Waals surface area contributed by atoms with E-state index in [-0.39, 0.29) is 11.8 Å². The third-order valence-corrected chi connectivity index (χ3v) is 8.08. The Morgan fingerprint density at radius 2 is 1.32 bits per heavy atom. The van der Waals surface area contributed by atoms with Crippen molar-refractivity contribution in [1.82, 2.24) is 24.5 Å². The lowest BCUT2D eigenvalue weighted by atomic mass is 9.95. The standard InChI is InChI=1S/C30H33N5O2/c1-21-19-27(32(2)31-21)29(36)34-13-11-24(12-14-34)33-15-17-35(18-16-33)30(37)28-25-9-5-3-7-22(25)20-23-8-4-6-10-26(23)28/h3-10,19-20,24H,11-18H2,1-2H3. The van der Waals surface area contributed by atoms with Gasteiger partial charge in [0.15, 0.2) is 0 Å². The lowest BCUT2D eigenvalue weighted by Gasteiger charge is -2.42. The summed E-state index contributed by atoms with van der Waals surface area (Å²) in [6.45, 7) is 6.62.